The van der Waals surface area contributed by atoms with Crippen LogP contribution < -0.4 is 10.0 Å². The SMILES string of the molecule is CNc1cc(S(=O)(=O)NC2CCCCCCC2)ccn1. The molecule has 1 aromatic heterocycles. The Balaban J connectivity index is 2.08. The molecule has 0 aromatic carbocycles. The topological polar surface area (TPSA) is 71.1 Å². The van der Waals surface area contributed by atoms with Gasteiger partial charge in [-0.25, -0.2) is 18.1 Å². The third kappa shape index (κ3) is 4.18. The second kappa shape index (κ2) is 7.04. The number of rotatable bonds is 4. The molecule has 1 aliphatic carbocycles. The number of nitrogens with zero attached hydrogens (tertiary/aromatic N) is 1. The zero-order chi connectivity index (χ0) is 14.4. The molecule has 0 aliphatic heterocycles. The summed E-state index contributed by atoms with van der Waals surface area (Å²) >= 11 is 0. The highest BCUT2D eigenvalue weighted by atomic mass is 32.2. The predicted octanol–water partition coefficient (Wildman–Crippen LogP) is 2.51. The van der Waals surface area contributed by atoms with E-state index in [1.54, 1.807) is 13.1 Å². The Morgan fingerprint density at radius 3 is 2.45 bits per heavy atom. The molecular weight excluding hydrogens is 274 g/mol. The van der Waals surface area contributed by atoms with E-state index >= 15 is 0 Å². The largest absolute Gasteiger partial charge is 0.373 e. The van der Waals surface area contributed by atoms with E-state index in [1.807, 2.05) is 0 Å². The first kappa shape index (κ1) is 15.3. The molecule has 20 heavy (non-hydrogen) atoms. The average Bonchev–Trinajstić information content (AvgIpc) is 2.42. The fraction of sp³-hybridized carbons (Fsp3) is 0.643. The molecule has 0 bridgehead atoms. The van der Waals surface area contributed by atoms with Crippen LogP contribution in [0.2, 0.25) is 0 Å². The van der Waals surface area contributed by atoms with Crippen LogP contribution in [0, 0.1) is 0 Å². The van der Waals surface area contributed by atoms with Gasteiger partial charge in [0.1, 0.15) is 5.82 Å². The average molecular weight is 297 g/mol. The van der Waals surface area contributed by atoms with Crippen LogP contribution in [0.5, 0.6) is 0 Å². The third-order valence-electron chi connectivity index (χ3n) is 3.72. The van der Waals surface area contributed by atoms with Crippen molar-refractivity contribution in [3.8, 4) is 0 Å². The highest BCUT2D eigenvalue weighted by Gasteiger charge is 2.21. The lowest BCUT2D eigenvalue weighted by molar-refractivity contribution is 0.426. The van der Waals surface area contributed by atoms with Crippen molar-refractivity contribution in [2.45, 2.75) is 55.9 Å². The van der Waals surface area contributed by atoms with E-state index in [9.17, 15) is 8.42 Å². The van der Waals surface area contributed by atoms with Gasteiger partial charge in [0, 0.05) is 25.4 Å². The highest BCUT2D eigenvalue weighted by Crippen LogP contribution is 2.20. The minimum absolute atomic E-state index is 0.0616. The second-order valence-electron chi connectivity index (χ2n) is 5.29. The molecule has 0 atom stereocenters. The fourth-order valence-electron chi connectivity index (χ4n) is 2.58. The molecule has 0 amide bonds. The van der Waals surface area contributed by atoms with Crippen molar-refractivity contribution in [2.75, 3.05) is 12.4 Å². The van der Waals surface area contributed by atoms with Crippen LogP contribution in [0.1, 0.15) is 44.9 Å². The summed E-state index contributed by atoms with van der Waals surface area (Å²) in [6.07, 6.45) is 9.27. The van der Waals surface area contributed by atoms with Crippen molar-refractivity contribution in [3.05, 3.63) is 18.3 Å². The van der Waals surface area contributed by atoms with Gasteiger partial charge in [0.05, 0.1) is 4.90 Å². The van der Waals surface area contributed by atoms with Crippen molar-refractivity contribution < 1.29 is 8.42 Å². The van der Waals surface area contributed by atoms with Gasteiger partial charge in [-0.3, -0.25) is 0 Å². The van der Waals surface area contributed by atoms with Crippen LogP contribution in [-0.4, -0.2) is 26.5 Å². The predicted molar refractivity (Wildman–Crippen MR) is 80.2 cm³/mol. The first-order chi connectivity index (χ1) is 9.62. The van der Waals surface area contributed by atoms with Gasteiger partial charge in [-0.1, -0.05) is 32.1 Å². The number of nitrogens with one attached hydrogen (secondary N) is 2. The van der Waals surface area contributed by atoms with E-state index in [0.29, 0.717) is 5.82 Å². The number of sulfonamides is 1. The van der Waals surface area contributed by atoms with Gasteiger partial charge < -0.3 is 5.32 Å². The molecule has 1 fully saturated rings. The normalized spacial score (nSPS) is 18.2. The third-order valence-corrected chi connectivity index (χ3v) is 5.24. The molecular formula is C14H23N3O2S. The summed E-state index contributed by atoms with van der Waals surface area (Å²) in [7, 11) is -1.73. The lowest BCUT2D eigenvalue weighted by Crippen LogP contribution is -2.35. The molecule has 0 saturated heterocycles. The first-order valence-electron chi connectivity index (χ1n) is 7.28. The standard InChI is InChI=1S/C14H23N3O2S/c1-15-14-11-13(9-10-16-14)20(18,19)17-12-7-5-3-2-4-6-8-12/h9-12,17H,2-8H2,1H3,(H,15,16). The Hall–Kier alpha value is -1.14. The van der Waals surface area contributed by atoms with Crippen LogP contribution in [0.25, 0.3) is 0 Å². The van der Waals surface area contributed by atoms with Gasteiger partial charge in [0.15, 0.2) is 0 Å². The molecule has 112 valence electrons. The van der Waals surface area contributed by atoms with Gasteiger partial charge in [-0.05, 0) is 18.9 Å². The Labute approximate surface area is 121 Å². The van der Waals surface area contributed by atoms with Crippen molar-refractivity contribution in [3.63, 3.8) is 0 Å². The van der Waals surface area contributed by atoms with E-state index in [0.717, 1.165) is 25.7 Å². The van der Waals surface area contributed by atoms with Crippen LogP contribution in [0.4, 0.5) is 5.82 Å². The molecule has 0 spiro atoms. The maximum atomic E-state index is 12.4. The number of pyridine rings is 1. The molecule has 1 aliphatic rings. The lowest BCUT2D eigenvalue weighted by Gasteiger charge is -2.21. The molecule has 0 unspecified atom stereocenters. The Morgan fingerprint density at radius 2 is 1.80 bits per heavy atom. The summed E-state index contributed by atoms with van der Waals surface area (Å²) in [5.74, 6) is 0.561. The number of anilines is 1. The highest BCUT2D eigenvalue weighted by molar-refractivity contribution is 7.89. The maximum Gasteiger partial charge on any atom is 0.241 e. The van der Waals surface area contributed by atoms with Gasteiger partial charge in [0.2, 0.25) is 10.0 Å². The zero-order valence-electron chi connectivity index (χ0n) is 11.9. The molecule has 1 aromatic rings. The summed E-state index contributed by atoms with van der Waals surface area (Å²) in [6, 6.07) is 3.16. The summed E-state index contributed by atoms with van der Waals surface area (Å²) in [5, 5.41) is 2.86. The Kier molecular flexibility index (Phi) is 5.37. The maximum absolute atomic E-state index is 12.4. The van der Waals surface area contributed by atoms with Crippen LogP contribution in [0.15, 0.2) is 23.2 Å². The smallest absolute Gasteiger partial charge is 0.241 e. The van der Waals surface area contributed by atoms with E-state index < -0.39 is 10.0 Å². The summed E-state index contributed by atoms with van der Waals surface area (Å²) in [6.45, 7) is 0. The zero-order valence-corrected chi connectivity index (χ0v) is 12.7. The van der Waals surface area contributed by atoms with Crippen molar-refractivity contribution in [2.24, 2.45) is 0 Å². The second-order valence-corrected chi connectivity index (χ2v) is 7.00. The minimum atomic E-state index is -3.45. The molecule has 2 N–H and O–H groups in total. The molecule has 0 radical (unpaired) electrons. The van der Waals surface area contributed by atoms with Gasteiger partial charge in [-0.15, -0.1) is 0 Å². The van der Waals surface area contributed by atoms with Crippen molar-refractivity contribution in [1.29, 1.82) is 0 Å². The molecule has 1 saturated carbocycles. The van der Waals surface area contributed by atoms with E-state index in [4.69, 9.17) is 0 Å². The van der Waals surface area contributed by atoms with Crippen LogP contribution in [-0.2, 0) is 10.0 Å². The van der Waals surface area contributed by atoms with Crippen molar-refractivity contribution >= 4 is 15.8 Å². The minimum Gasteiger partial charge on any atom is -0.373 e. The van der Waals surface area contributed by atoms with Crippen LogP contribution in [0.3, 0.4) is 0 Å². The first-order valence-corrected chi connectivity index (χ1v) is 8.76. The van der Waals surface area contributed by atoms with Gasteiger partial charge >= 0.3 is 0 Å². The van der Waals surface area contributed by atoms with Crippen LogP contribution >= 0.6 is 0 Å². The van der Waals surface area contributed by atoms with E-state index in [-0.39, 0.29) is 10.9 Å². The number of hydrogen-bond acceptors (Lipinski definition) is 4. The molecule has 6 heteroatoms. The molecule has 2 rings (SSSR count). The Bertz CT molecular complexity index is 523. The number of aromatic nitrogens is 1. The molecule has 1 heterocycles. The van der Waals surface area contributed by atoms with Gasteiger partial charge in [-0.2, -0.15) is 0 Å². The summed E-state index contributed by atoms with van der Waals surface area (Å²) in [4.78, 5) is 4.32. The molecule has 5 nitrogen and oxygen atoms in total. The Morgan fingerprint density at radius 1 is 1.15 bits per heavy atom. The van der Waals surface area contributed by atoms with E-state index in [2.05, 4.69) is 15.0 Å². The number of hydrogen-bond donors (Lipinski definition) is 2. The lowest BCUT2D eigenvalue weighted by atomic mass is 9.97. The quantitative estimate of drug-likeness (QED) is 0.896. The summed E-state index contributed by atoms with van der Waals surface area (Å²) < 4.78 is 27.6. The van der Waals surface area contributed by atoms with Crippen molar-refractivity contribution in [1.82, 2.24) is 9.71 Å². The monoisotopic (exact) mass is 297 g/mol. The summed E-state index contributed by atoms with van der Waals surface area (Å²) in [5.41, 5.74) is 0. The fourth-order valence-corrected chi connectivity index (χ4v) is 3.89. The van der Waals surface area contributed by atoms with E-state index in [1.165, 1.54) is 31.5 Å². The van der Waals surface area contributed by atoms with Gasteiger partial charge in [0.25, 0.3) is 0 Å².